The minimum absolute atomic E-state index is 0.0115. The molecule has 0 bridgehead atoms. The number of imidazole rings is 1. The molecule has 0 fully saturated rings. The summed E-state index contributed by atoms with van der Waals surface area (Å²) < 4.78 is 0. The van der Waals surface area contributed by atoms with Crippen LogP contribution in [0, 0.1) is 13.8 Å². The van der Waals surface area contributed by atoms with E-state index in [0.717, 1.165) is 29.2 Å². The summed E-state index contributed by atoms with van der Waals surface area (Å²) in [4.78, 5) is 8.21. The van der Waals surface area contributed by atoms with Gasteiger partial charge >= 0.3 is 0 Å². The van der Waals surface area contributed by atoms with Gasteiger partial charge in [-0.2, -0.15) is 0 Å². The highest BCUT2D eigenvalue weighted by Crippen LogP contribution is 2.29. The first-order chi connectivity index (χ1) is 8.94. The Kier molecular flexibility index (Phi) is 3.76. The van der Waals surface area contributed by atoms with Crippen LogP contribution in [0.25, 0.3) is 11.3 Å². The lowest BCUT2D eigenvalue weighted by Crippen LogP contribution is -2.23. The second-order valence-corrected chi connectivity index (χ2v) is 5.85. The number of aromatic amines is 1. The number of nitrogens with one attached hydrogen (secondary N) is 1. The van der Waals surface area contributed by atoms with Gasteiger partial charge in [-0.25, -0.2) is 4.98 Å². The summed E-state index contributed by atoms with van der Waals surface area (Å²) in [7, 11) is 0. The van der Waals surface area contributed by atoms with Gasteiger partial charge in [0.1, 0.15) is 5.82 Å². The highest BCUT2D eigenvalue weighted by Gasteiger charge is 2.24. The molecule has 0 atom stereocenters. The predicted molar refractivity (Wildman–Crippen MR) is 80.2 cm³/mol. The zero-order valence-corrected chi connectivity index (χ0v) is 12.2. The maximum Gasteiger partial charge on any atom is 0.112 e. The predicted octanol–water partition coefficient (Wildman–Crippen LogP) is 3.32. The van der Waals surface area contributed by atoms with Gasteiger partial charge in [0.15, 0.2) is 0 Å². The van der Waals surface area contributed by atoms with Crippen LogP contribution in [0.4, 0.5) is 0 Å². The monoisotopic (exact) mass is 257 g/mol. The van der Waals surface area contributed by atoms with Crippen molar-refractivity contribution in [1.29, 1.82) is 0 Å². The van der Waals surface area contributed by atoms with Crippen molar-refractivity contribution in [3.8, 4) is 11.3 Å². The van der Waals surface area contributed by atoms with Crippen LogP contribution in [0.3, 0.4) is 0 Å². The van der Waals surface area contributed by atoms with Crippen molar-refractivity contribution >= 4 is 0 Å². The van der Waals surface area contributed by atoms with Gasteiger partial charge in [-0.3, -0.25) is 0 Å². The Labute approximate surface area is 115 Å². The van der Waals surface area contributed by atoms with E-state index in [0.29, 0.717) is 6.54 Å². The number of benzene rings is 1. The molecule has 3 N–H and O–H groups in total. The number of hydrogen-bond donors (Lipinski definition) is 2. The highest BCUT2D eigenvalue weighted by molar-refractivity contribution is 5.62. The number of rotatable bonds is 4. The Morgan fingerprint density at radius 3 is 2.37 bits per heavy atom. The first-order valence-electron chi connectivity index (χ1n) is 6.78. The van der Waals surface area contributed by atoms with Crippen molar-refractivity contribution < 1.29 is 0 Å². The van der Waals surface area contributed by atoms with Crippen molar-refractivity contribution in [2.24, 2.45) is 5.73 Å². The van der Waals surface area contributed by atoms with Crippen LogP contribution < -0.4 is 5.73 Å². The summed E-state index contributed by atoms with van der Waals surface area (Å²) in [6.07, 6.45) is 0.924. The minimum atomic E-state index is -0.0115. The Hall–Kier alpha value is -1.61. The fraction of sp³-hybridized carbons (Fsp3) is 0.438. The van der Waals surface area contributed by atoms with Crippen LogP contribution in [0.1, 0.15) is 37.4 Å². The number of aromatic nitrogens is 2. The summed E-state index contributed by atoms with van der Waals surface area (Å²) in [6, 6.07) is 8.48. The Morgan fingerprint density at radius 1 is 1.16 bits per heavy atom. The molecule has 0 aliphatic heterocycles. The van der Waals surface area contributed by atoms with Crippen molar-refractivity contribution in [1.82, 2.24) is 9.97 Å². The first kappa shape index (κ1) is 13.8. The molecule has 1 heterocycles. The summed E-state index contributed by atoms with van der Waals surface area (Å²) >= 11 is 0. The fourth-order valence-corrected chi connectivity index (χ4v) is 2.25. The second kappa shape index (κ2) is 5.17. The SMILES string of the molecule is Cc1ccc(-c2nc(C(C)(C)CCN)[nH]c2C)cc1. The normalized spacial score (nSPS) is 11.8. The van der Waals surface area contributed by atoms with Crippen LogP contribution in [0.15, 0.2) is 24.3 Å². The molecule has 102 valence electrons. The lowest BCUT2D eigenvalue weighted by molar-refractivity contribution is 0.461. The summed E-state index contributed by atoms with van der Waals surface area (Å²) in [5, 5.41) is 0. The molecule has 1 aromatic heterocycles. The highest BCUT2D eigenvalue weighted by atomic mass is 15.0. The van der Waals surface area contributed by atoms with Crippen LogP contribution in [-0.4, -0.2) is 16.5 Å². The molecule has 0 amide bonds. The molecule has 19 heavy (non-hydrogen) atoms. The van der Waals surface area contributed by atoms with Crippen LogP contribution >= 0.6 is 0 Å². The molecule has 0 unspecified atom stereocenters. The van der Waals surface area contributed by atoms with Gasteiger partial charge in [-0.1, -0.05) is 43.7 Å². The number of H-pyrrole nitrogens is 1. The van der Waals surface area contributed by atoms with Crippen LogP contribution in [-0.2, 0) is 5.41 Å². The Bertz CT molecular complexity index is 550. The van der Waals surface area contributed by atoms with Crippen LogP contribution in [0.2, 0.25) is 0 Å². The van der Waals surface area contributed by atoms with E-state index in [2.05, 4.69) is 56.9 Å². The van der Waals surface area contributed by atoms with Crippen molar-refractivity contribution in [3.05, 3.63) is 41.3 Å². The summed E-state index contributed by atoms with van der Waals surface area (Å²) in [5.74, 6) is 1.02. The number of aryl methyl sites for hydroxylation is 2. The number of hydrogen-bond acceptors (Lipinski definition) is 2. The lowest BCUT2D eigenvalue weighted by atomic mass is 9.88. The number of nitrogens with two attached hydrogens (primary N) is 1. The maximum absolute atomic E-state index is 5.68. The van der Waals surface area contributed by atoms with E-state index in [-0.39, 0.29) is 5.41 Å². The van der Waals surface area contributed by atoms with Gasteiger partial charge in [-0.15, -0.1) is 0 Å². The molecule has 0 aliphatic rings. The second-order valence-electron chi connectivity index (χ2n) is 5.85. The largest absolute Gasteiger partial charge is 0.345 e. The topological polar surface area (TPSA) is 54.7 Å². The van der Waals surface area contributed by atoms with Crippen molar-refractivity contribution in [2.45, 2.75) is 39.5 Å². The molecule has 3 heteroatoms. The first-order valence-corrected chi connectivity index (χ1v) is 6.78. The quantitative estimate of drug-likeness (QED) is 0.882. The lowest BCUT2D eigenvalue weighted by Gasteiger charge is -2.20. The van der Waals surface area contributed by atoms with Gasteiger partial charge in [0.25, 0.3) is 0 Å². The van der Waals surface area contributed by atoms with E-state index in [1.807, 2.05) is 0 Å². The molecule has 0 saturated carbocycles. The molecule has 2 aromatic rings. The fourth-order valence-electron chi connectivity index (χ4n) is 2.25. The molecule has 0 aliphatic carbocycles. The van der Waals surface area contributed by atoms with Crippen LogP contribution in [0.5, 0.6) is 0 Å². The van der Waals surface area contributed by atoms with Gasteiger partial charge < -0.3 is 10.7 Å². The zero-order valence-electron chi connectivity index (χ0n) is 12.2. The third kappa shape index (κ3) is 2.87. The third-order valence-corrected chi connectivity index (χ3v) is 3.62. The van der Waals surface area contributed by atoms with Gasteiger partial charge in [0.05, 0.1) is 5.69 Å². The van der Waals surface area contributed by atoms with E-state index in [9.17, 15) is 0 Å². The average molecular weight is 257 g/mol. The standard InChI is InChI=1S/C16H23N3/c1-11-5-7-13(8-6-11)14-12(2)18-15(19-14)16(3,4)9-10-17/h5-8H,9-10,17H2,1-4H3,(H,18,19). The molecule has 0 spiro atoms. The molecule has 3 nitrogen and oxygen atoms in total. The smallest absolute Gasteiger partial charge is 0.112 e. The molecule has 0 radical (unpaired) electrons. The third-order valence-electron chi connectivity index (χ3n) is 3.62. The van der Waals surface area contributed by atoms with Crippen molar-refractivity contribution in [3.63, 3.8) is 0 Å². The van der Waals surface area contributed by atoms with E-state index >= 15 is 0 Å². The minimum Gasteiger partial charge on any atom is -0.345 e. The average Bonchev–Trinajstić information content (AvgIpc) is 2.73. The molecule has 0 saturated heterocycles. The molecule has 1 aromatic carbocycles. The van der Waals surface area contributed by atoms with E-state index in [1.165, 1.54) is 5.56 Å². The zero-order chi connectivity index (χ0) is 14.0. The van der Waals surface area contributed by atoms with Gasteiger partial charge in [0.2, 0.25) is 0 Å². The Balaban J connectivity index is 2.39. The van der Waals surface area contributed by atoms with Gasteiger partial charge in [0, 0.05) is 16.7 Å². The van der Waals surface area contributed by atoms with E-state index in [1.54, 1.807) is 0 Å². The van der Waals surface area contributed by atoms with E-state index in [4.69, 9.17) is 10.7 Å². The van der Waals surface area contributed by atoms with E-state index < -0.39 is 0 Å². The van der Waals surface area contributed by atoms with Crippen molar-refractivity contribution in [2.75, 3.05) is 6.54 Å². The molecule has 2 rings (SSSR count). The molecular weight excluding hydrogens is 234 g/mol. The maximum atomic E-state index is 5.68. The Morgan fingerprint density at radius 2 is 1.79 bits per heavy atom. The number of nitrogens with zero attached hydrogens (tertiary/aromatic N) is 1. The summed E-state index contributed by atoms with van der Waals surface area (Å²) in [6.45, 7) is 9.20. The van der Waals surface area contributed by atoms with Gasteiger partial charge in [-0.05, 0) is 26.8 Å². The summed E-state index contributed by atoms with van der Waals surface area (Å²) in [5.41, 5.74) is 10.3. The molecular formula is C16H23N3.